The van der Waals surface area contributed by atoms with Crippen molar-refractivity contribution in [2.24, 2.45) is 5.92 Å². The highest BCUT2D eigenvalue weighted by atomic mass is 16.2. The second-order valence-electron chi connectivity index (χ2n) is 8.72. The average Bonchev–Trinajstić information content (AvgIpc) is 3.28. The molecule has 1 saturated heterocycles. The van der Waals surface area contributed by atoms with Gasteiger partial charge in [-0.15, -0.1) is 0 Å². The Morgan fingerprint density at radius 2 is 2.00 bits per heavy atom. The Bertz CT molecular complexity index is 973. The van der Waals surface area contributed by atoms with E-state index in [0.717, 1.165) is 35.3 Å². The smallest absolute Gasteiger partial charge is 0.325 e. The molecule has 31 heavy (non-hydrogen) atoms. The standard InChI is InChI=1S/C23H29N5O3/c1-17-8-6-7-11-23(17)21(30)28(22(31)25-23)16-20(29)26(2)13-19-12-24-27(15-19)14-18-9-4-3-5-10-18/h3-5,9-10,12,15,17H,6-8,11,13-14,16H2,1-2H3,(H,25,31)/t17-,23-/m0/s1. The zero-order chi connectivity index (χ0) is 22.0. The summed E-state index contributed by atoms with van der Waals surface area (Å²) < 4.78 is 1.83. The predicted molar refractivity (Wildman–Crippen MR) is 115 cm³/mol. The molecule has 1 N–H and O–H groups in total. The highest BCUT2D eigenvalue weighted by Crippen LogP contribution is 2.38. The first-order valence-corrected chi connectivity index (χ1v) is 10.8. The van der Waals surface area contributed by atoms with Crippen molar-refractivity contribution in [2.45, 2.75) is 51.2 Å². The number of aromatic nitrogens is 2. The minimum atomic E-state index is -0.841. The molecular weight excluding hydrogens is 394 g/mol. The van der Waals surface area contributed by atoms with Crippen molar-refractivity contribution in [1.29, 1.82) is 0 Å². The second-order valence-corrected chi connectivity index (χ2v) is 8.72. The molecule has 1 aromatic heterocycles. The van der Waals surface area contributed by atoms with Gasteiger partial charge in [0.1, 0.15) is 12.1 Å². The number of carbonyl (C=O) groups excluding carboxylic acids is 3. The first-order chi connectivity index (χ1) is 14.9. The van der Waals surface area contributed by atoms with Gasteiger partial charge in [-0.25, -0.2) is 4.79 Å². The van der Waals surface area contributed by atoms with Gasteiger partial charge in [0.25, 0.3) is 5.91 Å². The van der Waals surface area contributed by atoms with Crippen LogP contribution in [0.5, 0.6) is 0 Å². The van der Waals surface area contributed by atoms with E-state index in [1.165, 1.54) is 4.90 Å². The maximum Gasteiger partial charge on any atom is 0.325 e. The van der Waals surface area contributed by atoms with Gasteiger partial charge in [0.15, 0.2) is 0 Å². The summed E-state index contributed by atoms with van der Waals surface area (Å²) in [5.41, 5.74) is 1.19. The lowest BCUT2D eigenvalue weighted by Gasteiger charge is -2.36. The van der Waals surface area contributed by atoms with Crippen molar-refractivity contribution >= 4 is 17.8 Å². The van der Waals surface area contributed by atoms with Crippen molar-refractivity contribution in [2.75, 3.05) is 13.6 Å². The molecule has 2 aliphatic rings. The number of amides is 4. The first-order valence-electron chi connectivity index (χ1n) is 10.8. The summed E-state index contributed by atoms with van der Waals surface area (Å²) in [6.07, 6.45) is 7.15. The molecule has 8 nitrogen and oxygen atoms in total. The number of urea groups is 1. The van der Waals surface area contributed by atoms with Crippen LogP contribution in [-0.2, 0) is 22.7 Å². The maximum atomic E-state index is 13.1. The van der Waals surface area contributed by atoms with Gasteiger partial charge >= 0.3 is 6.03 Å². The summed E-state index contributed by atoms with van der Waals surface area (Å²) in [5.74, 6) is -0.465. The van der Waals surface area contributed by atoms with Crippen molar-refractivity contribution in [3.63, 3.8) is 0 Å². The lowest BCUT2D eigenvalue weighted by Crippen LogP contribution is -2.54. The molecule has 1 saturated carbocycles. The van der Waals surface area contributed by atoms with Crippen LogP contribution in [0.15, 0.2) is 42.7 Å². The fourth-order valence-corrected chi connectivity index (χ4v) is 4.60. The molecule has 2 fully saturated rings. The van der Waals surface area contributed by atoms with E-state index in [1.807, 2.05) is 48.1 Å². The largest absolute Gasteiger partial charge is 0.340 e. The van der Waals surface area contributed by atoms with E-state index >= 15 is 0 Å². The lowest BCUT2D eigenvalue weighted by molar-refractivity contribution is -0.140. The second kappa shape index (κ2) is 8.53. The van der Waals surface area contributed by atoms with E-state index in [1.54, 1.807) is 13.2 Å². The Morgan fingerprint density at radius 1 is 1.23 bits per heavy atom. The van der Waals surface area contributed by atoms with E-state index in [4.69, 9.17) is 0 Å². The van der Waals surface area contributed by atoms with E-state index in [2.05, 4.69) is 10.4 Å². The summed E-state index contributed by atoms with van der Waals surface area (Å²) in [7, 11) is 1.67. The molecule has 1 aliphatic carbocycles. The molecule has 0 bridgehead atoms. The number of likely N-dealkylation sites (N-methyl/N-ethyl adjacent to an activating group) is 1. The van der Waals surface area contributed by atoms with E-state index in [-0.39, 0.29) is 24.3 Å². The number of imide groups is 1. The van der Waals surface area contributed by atoms with Gasteiger partial charge < -0.3 is 10.2 Å². The number of benzene rings is 1. The van der Waals surface area contributed by atoms with Crippen LogP contribution in [0.1, 0.15) is 43.7 Å². The molecular formula is C23H29N5O3. The van der Waals surface area contributed by atoms with Gasteiger partial charge in [-0.2, -0.15) is 5.10 Å². The monoisotopic (exact) mass is 423 g/mol. The summed E-state index contributed by atoms with van der Waals surface area (Å²) in [6.45, 7) is 2.77. The van der Waals surface area contributed by atoms with Gasteiger partial charge in [0, 0.05) is 25.4 Å². The molecule has 2 aromatic rings. The molecule has 4 amide bonds. The Kier molecular flexibility index (Phi) is 5.80. The normalized spacial score (nSPS) is 23.3. The molecule has 1 aromatic carbocycles. The zero-order valence-corrected chi connectivity index (χ0v) is 18.1. The van der Waals surface area contributed by atoms with Crippen LogP contribution in [0, 0.1) is 5.92 Å². The number of nitrogens with one attached hydrogen (secondary N) is 1. The number of nitrogens with zero attached hydrogens (tertiary/aromatic N) is 4. The highest BCUT2D eigenvalue weighted by molar-refractivity contribution is 6.09. The fraction of sp³-hybridized carbons (Fsp3) is 0.478. The first kappa shape index (κ1) is 21.1. The molecule has 2 atom stereocenters. The van der Waals surface area contributed by atoms with Crippen LogP contribution in [0.3, 0.4) is 0 Å². The molecule has 1 aliphatic heterocycles. The summed E-state index contributed by atoms with van der Waals surface area (Å²) in [6, 6.07) is 9.56. The van der Waals surface area contributed by atoms with Gasteiger partial charge in [-0.3, -0.25) is 19.2 Å². The highest BCUT2D eigenvalue weighted by Gasteiger charge is 2.55. The van der Waals surface area contributed by atoms with Crippen molar-refractivity contribution in [3.8, 4) is 0 Å². The van der Waals surface area contributed by atoms with Crippen molar-refractivity contribution in [3.05, 3.63) is 53.9 Å². The third-order valence-electron chi connectivity index (χ3n) is 6.51. The van der Waals surface area contributed by atoms with Gasteiger partial charge in [0.2, 0.25) is 5.91 Å². The number of hydrogen-bond donors (Lipinski definition) is 1. The van der Waals surface area contributed by atoms with Crippen LogP contribution in [0.2, 0.25) is 0 Å². The van der Waals surface area contributed by atoms with Crippen LogP contribution >= 0.6 is 0 Å². The predicted octanol–water partition coefficient (Wildman–Crippen LogP) is 2.39. The van der Waals surface area contributed by atoms with Crippen molar-refractivity contribution < 1.29 is 14.4 Å². The third-order valence-corrected chi connectivity index (χ3v) is 6.51. The quantitative estimate of drug-likeness (QED) is 0.723. The molecule has 164 valence electrons. The number of rotatable bonds is 6. The molecule has 1 spiro atoms. The topological polar surface area (TPSA) is 87.5 Å². The molecule has 4 rings (SSSR count). The SMILES string of the molecule is C[C@H]1CCCC[C@]12NC(=O)N(CC(=O)N(C)Cc1cnn(Cc3ccccc3)c1)C2=O. The number of carbonyl (C=O) groups is 3. The summed E-state index contributed by atoms with van der Waals surface area (Å²) in [5, 5.41) is 7.26. The van der Waals surface area contributed by atoms with Gasteiger partial charge in [-0.1, -0.05) is 50.1 Å². The van der Waals surface area contributed by atoms with E-state index in [9.17, 15) is 14.4 Å². The Morgan fingerprint density at radius 3 is 2.74 bits per heavy atom. The Hall–Kier alpha value is -3.16. The Labute approximate surface area is 182 Å². The van der Waals surface area contributed by atoms with Gasteiger partial charge in [-0.05, 0) is 24.3 Å². The third kappa shape index (κ3) is 4.19. The maximum absolute atomic E-state index is 13.1. The zero-order valence-electron chi connectivity index (χ0n) is 18.1. The number of hydrogen-bond acceptors (Lipinski definition) is 4. The van der Waals surface area contributed by atoms with Crippen LogP contribution in [0.4, 0.5) is 4.79 Å². The minimum absolute atomic E-state index is 0.0750. The van der Waals surface area contributed by atoms with Crippen LogP contribution < -0.4 is 5.32 Å². The molecule has 8 heteroatoms. The minimum Gasteiger partial charge on any atom is -0.340 e. The van der Waals surface area contributed by atoms with E-state index in [0.29, 0.717) is 19.5 Å². The molecule has 2 heterocycles. The van der Waals surface area contributed by atoms with Gasteiger partial charge in [0.05, 0.1) is 12.7 Å². The lowest BCUT2D eigenvalue weighted by atomic mass is 9.73. The summed E-state index contributed by atoms with van der Waals surface area (Å²) >= 11 is 0. The molecule has 0 radical (unpaired) electrons. The average molecular weight is 424 g/mol. The van der Waals surface area contributed by atoms with Crippen LogP contribution in [-0.4, -0.2) is 56.6 Å². The van der Waals surface area contributed by atoms with Crippen LogP contribution in [0.25, 0.3) is 0 Å². The molecule has 0 unspecified atom stereocenters. The Balaban J connectivity index is 1.36. The van der Waals surface area contributed by atoms with E-state index < -0.39 is 11.6 Å². The summed E-state index contributed by atoms with van der Waals surface area (Å²) in [4.78, 5) is 40.9. The van der Waals surface area contributed by atoms with Crippen molar-refractivity contribution in [1.82, 2.24) is 24.9 Å². The fourth-order valence-electron chi connectivity index (χ4n) is 4.60.